The number of nitrogens with one attached hydrogen (secondary N) is 1. The minimum atomic E-state index is -0.850. The predicted molar refractivity (Wildman–Crippen MR) is 343 cm³/mol. The number of carbonyl (C=O) groups is 2. The number of aliphatic hydroxyl groups excluding tert-OH is 2. The summed E-state index contributed by atoms with van der Waals surface area (Å²) < 4.78 is 5.51. The second-order valence-electron chi connectivity index (χ2n) is 24.6. The largest absolute Gasteiger partial charge is 0.466 e. The SMILES string of the molecule is CCCCCCCCCCCCCCCCCCCC/C=C/C(O)C(CO)NC(=O)CCCCCCCCC/C=C\CCCCCCCCCCCCCOC(=O)CCCCCCCCCCCCCCCCCCCCC. The van der Waals surface area contributed by atoms with Gasteiger partial charge >= 0.3 is 5.97 Å². The fourth-order valence-electron chi connectivity index (χ4n) is 11.3. The summed E-state index contributed by atoms with van der Waals surface area (Å²) in [6, 6.07) is -0.634. The fraction of sp³-hybridized carbons (Fsp3) is 0.917. The van der Waals surface area contributed by atoms with Crippen molar-refractivity contribution in [3.8, 4) is 0 Å². The molecular formula is C72H139NO5. The van der Waals surface area contributed by atoms with Crippen LogP contribution in [0, 0.1) is 0 Å². The highest BCUT2D eigenvalue weighted by Crippen LogP contribution is 2.19. The number of unbranched alkanes of at least 4 members (excludes halogenated alkanes) is 54. The molecule has 0 aliphatic heterocycles. The molecule has 0 fully saturated rings. The zero-order valence-corrected chi connectivity index (χ0v) is 52.9. The van der Waals surface area contributed by atoms with Crippen molar-refractivity contribution in [2.45, 2.75) is 411 Å². The Bertz CT molecular complexity index is 1220. The summed E-state index contributed by atoms with van der Waals surface area (Å²) in [4.78, 5) is 24.6. The van der Waals surface area contributed by atoms with Crippen molar-refractivity contribution < 1.29 is 24.5 Å². The Balaban J connectivity index is 3.41. The lowest BCUT2D eigenvalue weighted by atomic mass is 10.0. The minimum Gasteiger partial charge on any atom is -0.466 e. The van der Waals surface area contributed by atoms with E-state index in [1.807, 2.05) is 6.08 Å². The molecule has 6 heteroatoms. The highest BCUT2D eigenvalue weighted by atomic mass is 16.5. The second-order valence-corrected chi connectivity index (χ2v) is 24.6. The molecular weight excluding hydrogens is 959 g/mol. The maximum Gasteiger partial charge on any atom is 0.305 e. The van der Waals surface area contributed by atoms with Crippen LogP contribution in [0.25, 0.3) is 0 Å². The van der Waals surface area contributed by atoms with Crippen LogP contribution in [0.2, 0.25) is 0 Å². The Morgan fingerprint density at radius 1 is 0.346 bits per heavy atom. The van der Waals surface area contributed by atoms with E-state index in [4.69, 9.17) is 4.74 Å². The molecule has 2 atom stereocenters. The number of hydrogen-bond donors (Lipinski definition) is 3. The van der Waals surface area contributed by atoms with Crippen molar-refractivity contribution >= 4 is 11.9 Å². The Morgan fingerprint density at radius 2 is 0.603 bits per heavy atom. The summed E-state index contributed by atoms with van der Waals surface area (Å²) in [5, 5.41) is 23.2. The molecule has 0 aliphatic rings. The van der Waals surface area contributed by atoms with E-state index in [0.29, 0.717) is 19.4 Å². The number of esters is 1. The normalized spacial score (nSPS) is 12.6. The van der Waals surface area contributed by atoms with Gasteiger partial charge in [-0.3, -0.25) is 9.59 Å². The van der Waals surface area contributed by atoms with Crippen LogP contribution in [0.1, 0.15) is 399 Å². The van der Waals surface area contributed by atoms with Gasteiger partial charge in [0.05, 0.1) is 25.4 Å². The minimum absolute atomic E-state index is 0.0151. The Kier molecular flexibility index (Phi) is 66.4. The summed E-state index contributed by atoms with van der Waals surface area (Å²) >= 11 is 0. The van der Waals surface area contributed by atoms with Crippen LogP contribution in [0.4, 0.5) is 0 Å². The number of aliphatic hydroxyl groups is 2. The summed E-state index contributed by atoms with van der Waals surface area (Å²) in [6.45, 7) is 4.94. The van der Waals surface area contributed by atoms with Crippen LogP contribution >= 0.6 is 0 Å². The number of amides is 1. The van der Waals surface area contributed by atoms with E-state index in [0.717, 1.165) is 44.9 Å². The zero-order chi connectivity index (χ0) is 56.4. The standard InChI is InChI=1S/C72H139NO5/c1-3-5-7-9-11-13-15-17-19-21-23-29-32-36-40-44-48-52-56-60-64-70(75)69(68-74)73-71(76)65-61-57-53-49-45-41-37-33-30-26-24-25-27-31-35-39-43-47-51-55-59-63-67-78-72(77)66-62-58-54-50-46-42-38-34-28-22-20-18-16-14-12-10-8-6-4-2/h26,30,60,64,69-70,74-75H,3-25,27-29,31-59,61-63,65-68H2,1-2H3,(H,73,76)/b30-26-,64-60+. The lowest BCUT2D eigenvalue weighted by molar-refractivity contribution is -0.143. The van der Waals surface area contributed by atoms with Crippen molar-refractivity contribution in [2.24, 2.45) is 0 Å². The van der Waals surface area contributed by atoms with Crippen molar-refractivity contribution in [1.82, 2.24) is 5.32 Å². The van der Waals surface area contributed by atoms with Crippen LogP contribution < -0.4 is 5.32 Å². The molecule has 0 aliphatic carbocycles. The molecule has 0 heterocycles. The molecule has 3 N–H and O–H groups in total. The molecule has 2 unspecified atom stereocenters. The average molecular weight is 1100 g/mol. The van der Waals surface area contributed by atoms with E-state index in [1.165, 1.54) is 327 Å². The first kappa shape index (κ1) is 76.3. The third-order valence-electron chi connectivity index (χ3n) is 16.7. The first-order valence-electron chi connectivity index (χ1n) is 35.6. The maximum atomic E-state index is 12.5. The smallest absolute Gasteiger partial charge is 0.305 e. The van der Waals surface area contributed by atoms with Crippen molar-refractivity contribution in [2.75, 3.05) is 13.2 Å². The van der Waals surface area contributed by atoms with Gasteiger partial charge in [-0.15, -0.1) is 0 Å². The molecule has 0 saturated heterocycles. The van der Waals surface area contributed by atoms with Crippen molar-refractivity contribution in [1.29, 1.82) is 0 Å². The molecule has 462 valence electrons. The molecule has 0 rings (SSSR count). The Morgan fingerprint density at radius 3 is 0.910 bits per heavy atom. The third-order valence-corrected chi connectivity index (χ3v) is 16.7. The average Bonchev–Trinajstić information content (AvgIpc) is 3.44. The first-order chi connectivity index (χ1) is 38.5. The molecule has 0 bridgehead atoms. The molecule has 0 aromatic rings. The van der Waals surface area contributed by atoms with Gasteiger partial charge in [-0.05, 0) is 57.8 Å². The Labute approximate surface area is 488 Å². The monoisotopic (exact) mass is 1100 g/mol. The van der Waals surface area contributed by atoms with E-state index < -0.39 is 12.1 Å². The molecule has 0 aromatic carbocycles. The maximum absolute atomic E-state index is 12.5. The molecule has 0 saturated carbocycles. The van der Waals surface area contributed by atoms with Gasteiger partial charge in [-0.25, -0.2) is 0 Å². The molecule has 6 nitrogen and oxygen atoms in total. The van der Waals surface area contributed by atoms with Gasteiger partial charge in [0.15, 0.2) is 0 Å². The van der Waals surface area contributed by atoms with Crippen molar-refractivity contribution in [3.63, 3.8) is 0 Å². The van der Waals surface area contributed by atoms with Gasteiger partial charge in [0.25, 0.3) is 0 Å². The fourth-order valence-corrected chi connectivity index (χ4v) is 11.3. The third kappa shape index (κ3) is 63.5. The van der Waals surface area contributed by atoms with E-state index >= 15 is 0 Å². The lowest BCUT2D eigenvalue weighted by Gasteiger charge is -2.20. The van der Waals surface area contributed by atoms with E-state index in [1.54, 1.807) is 6.08 Å². The van der Waals surface area contributed by atoms with Crippen LogP contribution in [-0.4, -0.2) is 47.4 Å². The lowest BCUT2D eigenvalue weighted by Crippen LogP contribution is -2.45. The molecule has 0 radical (unpaired) electrons. The van der Waals surface area contributed by atoms with Gasteiger partial charge in [0, 0.05) is 12.8 Å². The molecule has 0 aromatic heterocycles. The van der Waals surface area contributed by atoms with E-state index in [9.17, 15) is 19.8 Å². The predicted octanol–water partition coefficient (Wildman–Crippen LogP) is 22.9. The van der Waals surface area contributed by atoms with Gasteiger partial charge in [-0.1, -0.05) is 353 Å². The zero-order valence-electron chi connectivity index (χ0n) is 52.9. The van der Waals surface area contributed by atoms with Gasteiger partial charge in [0.2, 0.25) is 5.91 Å². The number of allylic oxidation sites excluding steroid dienone is 3. The van der Waals surface area contributed by atoms with E-state index in [2.05, 4.69) is 31.3 Å². The summed E-state index contributed by atoms with van der Waals surface area (Å²) in [5.41, 5.74) is 0. The van der Waals surface area contributed by atoms with Crippen LogP contribution in [-0.2, 0) is 14.3 Å². The van der Waals surface area contributed by atoms with Gasteiger partial charge in [-0.2, -0.15) is 0 Å². The molecule has 1 amide bonds. The number of carbonyl (C=O) groups excluding carboxylic acids is 2. The molecule has 78 heavy (non-hydrogen) atoms. The summed E-state index contributed by atoms with van der Waals surface area (Å²) in [6.07, 6.45) is 85.4. The van der Waals surface area contributed by atoms with Gasteiger partial charge in [0.1, 0.15) is 0 Å². The summed E-state index contributed by atoms with van der Waals surface area (Å²) in [7, 11) is 0. The first-order valence-corrected chi connectivity index (χ1v) is 35.6. The van der Waals surface area contributed by atoms with Crippen LogP contribution in [0.5, 0.6) is 0 Å². The highest BCUT2D eigenvalue weighted by molar-refractivity contribution is 5.76. The van der Waals surface area contributed by atoms with Crippen LogP contribution in [0.15, 0.2) is 24.3 Å². The quantitative estimate of drug-likeness (QED) is 0.0320. The molecule has 0 spiro atoms. The number of ether oxygens (including phenoxy) is 1. The topological polar surface area (TPSA) is 95.9 Å². The number of rotatable bonds is 67. The van der Waals surface area contributed by atoms with Crippen molar-refractivity contribution in [3.05, 3.63) is 24.3 Å². The highest BCUT2D eigenvalue weighted by Gasteiger charge is 2.18. The van der Waals surface area contributed by atoms with E-state index in [-0.39, 0.29) is 18.5 Å². The second kappa shape index (κ2) is 67.8. The van der Waals surface area contributed by atoms with Gasteiger partial charge < -0.3 is 20.3 Å². The van der Waals surface area contributed by atoms with Crippen LogP contribution in [0.3, 0.4) is 0 Å². The summed E-state index contributed by atoms with van der Waals surface area (Å²) in [5.74, 6) is -0.0561. The Hall–Kier alpha value is -1.66. The number of hydrogen-bond acceptors (Lipinski definition) is 5.